The Morgan fingerprint density at radius 2 is 2.31 bits per heavy atom. The van der Waals surface area contributed by atoms with Crippen molar-refractivity contribution in [3.05, 3.63) is 27.3 Å². The standard InChI is InChI=1S/C14H11N5O5S2/c1-2-5-3-25-12-8(11(21)19(12)9(5)13(22)23)17-10(20)7(18-24)6-4-26-14(15)16-6/h1,4,7-8,12H,3H2,(H2,15,16)(H,17,20)(H,22,23)/t7?,8-,12-/m1/s1. The van der Waals surface area contributed by atoms with Crippen LogP contribution in [0.3, 0.4) is 0 Å². The highest BCUT2D eigenvalue weighted by molar-refractivity contribution is 8.00. The SMILES string of the molecule is C#CC1=C(C(=O)O)N2C(=O)[C@@H](NC(=O)C(N=O)c3csc(N)n3)[C@H]2SC1. The van der Waals surface area contributed by atoms with Crippen LogP contribution in [0.25, 0.3) is 0 Å². The third-order valence-corrected chi connectivity index (χ3v) is 5.79. The number of nitrogens with zero attached hydrogens (tertiary/aromatic N) is 3. The molecule has 4 N–H and O–H groups in total. The summed E-state index contributed by atoms with van der Waals surface area (Å²) in [7, 11) is 0. The molecule has 0 aromatic carbocycles. The molecular weight excluding hydrogens is 382 g/mol. The van der Waals surface area contributed by atoms with Crippen molar-refractivity contribution in [3.8, 4) is 12.3 Å². The predicted molar refractivity (Wildman–Crippen MR) is 93.6 cm³/mol. The molecule has 26 heavy (non-hydrogen) atoms. The summed E-state index contributed by atoms with van der Waals surface area (Å²) in [6.45, 7) is 0. The number of amides is 2. The maximum atomic E-state index is 12.3. The highest BCUT2D eigenvalue weighted by Gasteiger charge is 2.54. The summed E-state index contributed by atoms with van der Waals surface area (Å²) in [5.74, 6) is -0.260. The Bertz CT molecular complexity index is 889. The number of β-lactam (4-membered cyclic amide) rings is 1. The third kappa shape index (κ3) is 2.80. The molecule has 2 amide bonds. The number of carbonyl (C=O) groups excluding carboxylic acids is 2. The number of nitrogens with two attached hydrogens (primary N) is 1. The lowest BCUT2D eigenvalue weighted by Crippen LogP contribution is -2.70. The van der Waals surface area contributed by atoms with Crippen molar-refractivity contribution < 1.29 is 19.5 Å². The minimum Gasteiger partial charge on any atom is -0.477 e. The van der Waals surface area contributed by atoms with Crippen LogP contribution in [0.4, 0.5) is 5.13 Å². The maximum Gasteiger partial charge on any atom is 0.353 e. The Morgan fingerprint density at radius 3 is 2.85 bits per heavy atom. The van der Waals surface area contributed by atoms with Gasteiger partial charge in [0, 0.05) is 16.7 Å². The van der Waals surface area contributed by atoms with Crippen molar-refractivity contribution in [2.45, 2.75) is 17.5 Å². The normalized spacial score (nSPS) is 22.7. The monoisotopic (exact) mass is 393 g/mol. The van der Waals surface area contributed by atoms with Crippen LogP contribution >= 0.6 is 23.1 Å². The Labute approximate surface area is 154 Å². The minimum atomic E-state index is -1.45. The van der Waals surface area contributed by atoms with Gasteiger partial charge in [-0.05, 0) is 5.18 Å². The van der Waals surface area contributed by atoms with Crippen LogP contribution in [0.1, 0.15) is 11.7 Å². The van der Waals surface area contributed by atoms with Crippen LogP contribution in [-0.4, -0.2) is 49.9 Å². The van der Waals surface area contributed by atoms with Crippen LogP contribution < -0.4 is 11.1 Å². The summed E-state index contributed by atoms with van der Waals surface area (Å²) in [4.78, 5) is 52.0. The van der Waals surface area contributed by atoms with Gasteiger partial charge in [-0.15, -0.1) is 34.4 Å². The number of nitrogen functional groups attached to an aromatic ring is 1. The molecule has 3 atom stereocenters. The molecule has 0 saturated carbocycles. The number of terminal acetylenes is 1. The number of anilines is 1. The van der Waals surface area contributed by atoms with E-state index in [9.17, 15) is 24.4 Å². The zero-order valence-corrected chi connectivity index (χ0v) is 14.5. The van der Waals surface area contributed by atoms with Gasteiger partial charge in [0.05, 0.1) is 5.69 Å². The Morgan fingerprint density at radius 1 is 1.58 bits per heavy atom. The summed E-state index contributed by atoms with van der Waals surface area (Å²) in [6, 6.07) is -2.43. The number of nitroso groups, excluding NO2 is 1. The molecule has 3 heterocycles. The first-order valence-electron chi connectivity index (χ1n) is 7.10. The van der Waals surface area contributed by atoms with Gasteiger partial charge in [0.1, 0.15) is 17.1 Å². The second-order valence-corrected chi connectivity index (χ2v) is 7.29. The number of rotatable bonds is 5. The summed E-state index contributed by atoms with van der Waals surface area (Å²) in [5.41, 5.74) is 5.50. The molecule has 0 aliphatic carbocycles. The molecule has 10 nitrogen and oxygen atoms in total. The van der Waals surface area contributed by atoms with Crippen LogP contribution in [0, 0.1) is 17.3 Å². The van der Waals surface area contributed by atoms with Gasteiger partial charge in [-0.3, -0.25) is 14.5 Å². The lowest BCUT2D eigenvalue weighted by molar-refractivity contribution is -0.150. The van der Waals surface area contributed by atoms with Crippen LogP contribution in [0.15, 0.2) is 21.8 Å². The first-order chi connectivity index (χ1) is 12.4. The zero-order valence-electron chi connectivity index (χ0n) is 12.9. The van der Waals surface area contributed by atoms with E-state index in [0.29, 0.717) is 0 Å². The third-order valence-electron chi connectivity index (χ3n) is 3.82. The van der Waals surface area contributed by atoms with E-state index in [4.69, 9.17) is 12.2 Å². The topological polar surface area (TPSA) is 155 Å². The van der Waals surface area contributed by atoms with Crippen molar-refractivity contribution in [1.82, 2.24) is 15.2 Å². The average Bonchev–Trinajstić information content (AvgIpc) is 3.04. The molecule has 1 aromatic heterocycles. The smallest absolute Gasteiger partial charge is 0.353 e. The van der Waals surface area contributed by atoms with Crippen LogP contribution in [-0.2, 0) is 14.4 Å². The van der Waals surface area contributed by atoms with Gasteiger partial charge >= 0.3 is 5.97 Å². The number of aliphatic carboxylic acids is 1. The Balaban J connectivity index is 1.77. The molecule has 0 spiro atoms. The molecule has 2 aliphatic rings. The quantitative estimate of drug-likeness (QED) is 0.356. The van der Waals surface area contributed by atoms with E-state index in [2.05, 4.69) is 21.4 Å². The van der Waals surface area contributed by atoms with E-state index in [1.165, 1.54) is 17.1 Å². The van der Waals surface area contributed by atoms with E-state index < -0.39 is 35.2 Å². The van der Waals surface area contributed by atoms with E-state index in [1.54, 1.807) is 0 Å². The molecular formula is C14H11N5O5S2. The number of aromatic nitrogens is 1. The van der Waals surface area contributed by atoms with Gasteiger partial charge in [0.2, 0.25) is 6.04 Å². The summed E-state index contributed by atoms with van der Waals surface area (Å²) >= 11 is 2.27. The number of carboxylic acids is 1. The molecule has 3 rings (SSSR count). The summed E-state index contributed by atoms with van der Waals surface area (Å²) < 4.78 is 0. The molecule has 2 aliphatic heterocycles. The van der Waals surface area contributed by atoms with Crippen molar-refractivity contribution in [2.75, 3.05) is 11.5 Å². The number of carbonyl (C=O) groups is 3. The molecule has 1 aromatic rings. The molecule has 134 valence electrons. The fourth-order valence-electron chi connectivity index (χ4n) is 2.62. The van der Waals surface area contributed by atoms with E-state index in [1.807, 2.05) is 0 Å². The lowest BCUT2D eigenvalue weighted by Gasteiger charge is -2.49. The van der Waals surface area contributed by atoms with Gasteiger partial charge in [0.15, 0.2) is 5.13 Å². The van der Waals surface area contributed by atoms with E-state index in [-0.39, 0.29) is 27.8 Å². The highest BCUT2D eigenvalue weighted by Crippen LogP contribution is 2.40. The molecule has 0 radical (unpaired) electrons. The first kappa shape index (κ1) is 17.9. The summed E-state index contributed by atoms with van der Waals surface area (Å²) in [6.07, 6.45) is 5.29. The number of hydrogen-bond donors (Lipinski definition) is 3. The molecule has 0 bridgehead atoms. The minimum absolute atomic E-state index is 0.0839. The largest absolute Gasteiger partial charge is 0.477 e. The second-order valence-electron chi connectivity index (χ2n) is 5.29. The lowest BCUT2D eigenvalue weighted by atomic mass is 10.0. The maximum absolute atomic E-state index is 12.3. The van der Waals surface area contributed by atoms with E-state index in [0.717, 1.165) is 16.2 Å². The van der Waals surface area contributed by atoms with Gasteiger partial charge in [0.25, 0.3) is 11.8 Å². The number of fused-ring (bicyclic) bond motifs is 1. The van der Waals surface area contributed by atoms with Crippen molar-refractivity contribution >= 4 is 46.0 Å². The number of thiazole rings is 1. The van der Waals surface area contributed by atoms with Crippen molar-refractivity contribution in [1.29, 1.82) is 0 Å². The van der Waals surface area contributed by atoms with Gasteiger partial charge in [-0.1, -0.05) is 5.92 Å². The van der Waals surface area contributed by atoms with Gasteiger partial charge in [-0.2, -0.15) is 0 Å². The molecule has 1 fully saturated rings. The molecule has 12 heteroatoms. The predicted octanol–water partition coefficient (Wildman–Crippen LogP) is -0.0954. The number of nitrogens with one attached hydrogen (secondary N) is 1. The average molecular weight is 393 g/mol. The van der Waals surface area contributed by atoms with Crippen molar-refractivity contribution in [3.63, 3.8) is 0 Å². The molecule has 1 saturated heterocycles. The highest BCUT2D eigenvalue weighted by atomic mass is 32.2. The van der Waals surface area contributed by atoms with E-state index >= 15 is 0 Å². The first-order valence-corrected chi connectivity index (χ1v) is 9.03. The van der Waals surface area contributed by atoms with Crippen LogP contribution in [0.5, 0.6) is 0 Å². The van der Waals surface area contributed by atoms with Gasteiger partial charge in [-0.25, -0.2) is 9.78 Å². The fraction of sp³-hybridized carbons (Fsp3) is 0.286. The van der Waals surface area contributed by atoms with Crippen LogP contribution in [0.2, 0.25) is 0 Å². The molecule has 1 unspecified atom stereocenters. The fourth-order valence-corrected chi connectivity index (χ4v) is 4.50. The number of thioether (sulfide) groups is 1. The second kappa shape index (κ2) is 6.77. The zero-order chi connectivity index (χ0) is 19.0. The number of hydrogen-bond acceptors (Lipinski definition) is 9. The number of carboxylic acid groups (broad SMARTS) is 1. The van der Waals surface area contributed by atoms with Gasteiger partial charge < -0.3 is 16.2 Å². The Hall–Kier alpha value is -2.91. The Kier molecular flexibility index (Phi) is 4.66. The summed E-state index contributed by atoms with van der Waals surface area (Å²) in [5, 5.41) is 15.5. The van der Waals surface area contributed by atoms with Crippen molar-refractivity contribution in [2.24, 2.45) is 5.18 Å².